The van der Waals surface area contributed by atoms with Crippen molar-refractivity contribution < 1.29 is 18.7 Å². The van der Waals surface area contributed by atoms with Gasteiger partial charge in [-0.15, -0.1) is 0 Å². The third-order valence-electron chi connectivity index (χ3n) is 3.69. The summed E-state index contributed by atoms with van der Waals surface area (Å²) in [6.45, 7) is 5.64. The number of carbonyl (C=O) groups is 2. The predicted molar refractivity (Wildman–Crippen MR) is 89.1 cm³/mol. The summed E-state index contributed by atoms with van der Waals surface area (Å²) in [5, 5.41) is 0.404. The monoisotopic (exact) mass is 385 g/mol. The molecule has 6 heteroatoms. The molecule has 1 aromatic rings. The molecule has 0 aromatic heterocycles. The van der Waals surface area contributed by atoms with Crippen LogP contribution in [0.15, 0.2) is 18.2 Å². The average molecular weight is 386 g/mol. The Morgan fingerprint density at radius 3 is 2.65 bits per heavy atom. The summed E-state index contributed by atoms with van der Waals surface area (Å²) >= 11 is 3.24. The van der Waals surface area contributed by atoms with Crippen molar-refractivity contribution >= 4 is 27.8 Å². The van der Waals surface area contributed by atoms with Gasteiger partial charge in [0.15, 0.2) is 5.78 Å². The zero-order chi connectivity index (χ0) is 17.2. The zero-order valence-corrected chi connectivity index (χ0v) is 15.2. The van der Waals surface area contributed by atoms with Crippen LogP contribution in [0.2, 0.25) is 0 Å². The van der Waals surface area contributed by atoms with Gasteiger partial charge in [-0.2, -0.15) is 0 Å². The second-order valence-electron chi connectivity index (χ2n) is 6.63. The summed E-state index contributed by atoms with van der Waals surface area (Å²) in [4.78, 5) is 25.8. The highest BCUT2D eigenvalue weighted by atomic mass is 79.9. The third-order valence-corrected chi connectivity index (χ3v) is 4.30. The Labute approximate surface area is 144 Å². The van der Waals surface area contributed by atoms with Crippen molar-refractivity contribution in [1.82, 2.24) is 4.90 Å². The Balaban J connectivity index is 2.19. The Kier molecular flexibility index (Phi) is 5.45. The maximum atomic E-state index is 14.4. The summed E-state index contributed by atoms with van der Waals surface area (Å²) in [5.74, 6) is -0.382. The van der Waals surface area contributed by atoms with Gasteiger partial charge in [-0.1, -0.05) is 34.1 Å². The molecule has 1 atom stereocenters. The van der Waals surface area contributed by atoms with Crippen LogP contribution in [0.4, 0.5) is 9.18 Å². The van der Waals surface area contributed by atoms with E-state index < -0.39 is 17.7 Å². The standard InChI is InChI=1S/C17H21BrFNO3/c1-17(2,3)23-16(22)20-8-7-14(21)13(20)9-11-5-4-6-12(10-18)15(11)19/h4-6,13H,7-10H2,1-3H3. The molecule has 4 nitrogen and oxygen atoms in total. The van der Waals surface area contributed by atoms with Crippen LogP contribution < -0.4 is 0 Å². The molecular formula is C17H21BrFNO3. The third kappa shape index (κ3) is 4.31. The maximum absolute atomic E-state index is 14.4. The Morgan fingerprint density at radius 2 is 2.04 bits per heavy atom. The predicted octanol–water partition coefficient (Wildman–Crippen LogP) is 3.84. The molecular weight excluding hydrogens is 365 g/mol. The van der Waals surface area contributed by atoms with E-state index in [1.807, 2.05) is 0 Å². The van der Waals surface area contributed by atoms with E-state index in [4.69, 9.17) is 4.74 Å². The maximum Gasteiger partial charge on any atom is 0.410 e. The molecule has 0 spiro atoms. The first-order chi connectivity index (χ1) is 10.7. The zero-order valence-electron chi connectivity index (χ0n) is 13.6. The Hall–Kier alpha value is -1.43. The van der Waals surface area contributed by atoms with Gasteiger partial charge >= 0.3 is 6.09 Å². The van der Waals surface area contributed by atoms with E-state index in [1.165, 1.54) is 4.90 Å². The molecule has 23 heavy (non-hydrogen) atoms. The van der Waals surface area contributed by atoms with Gasteiger partial charge in [0.05, 0.1) is 6.04 Å². The summed E-state index contributed by atoms with van der Waals surface area (Å²) < 4.78 is 19.7. The number of likely N-dealkylation sites (tertiary alicyclic amines) is 1. The molecule has 1 aliphatic heterocycles. The molecule has 1 aliphatic rings. The molecule has 1 heterocycles. The molecule has 0 saturated carbocycles. The second kappa shape index (κ2) is 6.99. The highest BCUT2D eigenvalue weighted by Crippen LogP contribution is 2.24. The fraction of sp³-hybridized carbons (Fsp3) is 0.529. The van der Waals surface area contributed by atoms with Crippen LogP contribution in [-0.2, 0) is 21.3 Å². The van der Waals surface area contributed by atoms with Crippen molar-refractivity contribution in [1.29, 1.82) is 0 Å². The van der Waals surface area contributed by atoms with Crippen molar-refractivity contribution in [3.8, 4) is 0 Å². The molecule has 0 N–H and O–H groups in total. The van der Waals surface area contributed by atoms with Crippen LogP contribution in [0, 0.1) is 5.82 Å². The molecule has 2 rings (SSSR count). The van der Waals surface area contributed by atoms with E-state index in [0.717, 1.165) is 0 Å². The van der Waals surface area contributed by atoms with Gasteiger partial charge in [0.1, 0.15) is 11.4 Å². The van der Waals surface area contributed by atoms with E-state index in [9.17, 15) is 14.0 Å². The van der Waals surface area contributed by atoms with Gasteiger partial charge in [-0.25, -0.2) is 9.18 Å². The van der Waals surface area contributed by atoms with E-state index in [2.05, 4.69) is 15.9 Å². The number of benzene rings is 1. The Morgan fingerprint density at radius 1 is 1.39 bits per heavy atom. The fourth-order valence-corrected chi connectivity index (χ4v) is 3.03. The van der Waals surface area contributed by atoms with Crippen LogP contribution in [0.5, 0.6) is 0 Å². The van der Waals surface area contributed by atoms with E-state index in [1.54, 1.807) is 39.0 Å². The van der Waals surface area contributed by atoms with Crippen LogP contribution in [0.1, 0.15) is 38.3 Å². The van der Waals surface area contributed by atoms with Gasteiger partial charge < -0.3 is 4.74 Å². The lowest BCUT2D eigenvalue weighted by atomic mass is 10.0. The number of alkyl halides is 1. The molecule has 1 saturated heterocycles. The molecule has 0 radical (unpaired) electrons. The first kappa shape index (κ1) is 17.9. The molecule has 1 amide bonds. The second-order valence-corrected chi connectivity index (χ2v) is 7.19. The van der Waals surface area contributed by atoms with Crippen LogP contribution in [-0.4, -0.2) is 35.0 Å². The number of halogens is 2. The van der Waals surface area contributed by atoms with Gasteiger partial charge in [0, 0.05) is 24.7 Å². The molecule has 0 bridgehead atoms. The lowest BCUT2D eigenvalue weighted by Gasteiger charge is -2.28. The minimum absolute atomic E-state index is 0.0560. The van der Waals surface area contributed by atoms with Gasteiger partial charge in [0.2, 0.25) is 0 Å². The minimum atomic E-state index is -0.662. The van der Waals surface area contributed by atoms with Crippen molar-refractivity contribution in [3.63, 3.8) is 0 Å². The molecule has 1 fully saturated rings. The number of ketones is 1. The lowest BCUT2D eigenvalue weighted by Crippen LogP contribution is -2.42. The SMILES string of the molecule is CC(C)(C)OC(=O)N1CCC(=O)C1Cc1cccc(CBr)c1F. The van der Waals surface area contributed by atoms with E-state index in [0.29, 0.717) is 23.0 Å². The highest BCUT2D eigenvalue weighted by molar-refractivity contribution is 9.08. The number of ether oxygens (including phenoxy) is 1. The Bertz CT molecular complexity index is 612. The topological polar surface area (TPSA) is 46.6 Å². The van der Waals surface area contributed by atoms with Crippen LogP contribution in [0.25, 0.3) is 0 Å². The number of hydrogen-bond acceptors (Lipinski definition) is 3. The lowest BCUT2D eigenvalue weighted by molar-refractivity contribution is -0.120. The first-order valence-electron chi connectivity index (χ1n) is 7.57. The number of Topliss-reactive ketones (excluding diaryl/α,β-unsaturated/α-hetero) is 1. The van der Waals surface area contributed by atoms with Crippen molar-refractivity contribution in [2.45, 2.75) is 50.6 Å². The summed E-state index contributed by atoms with van der Waals surface area (Å²) in [5.41, 5.74) is 0.349. The number of hydrogen-bond donors (Lipinski definition) is 0. The average Bonchev–Trinajstić information content (AvgIpc) is 2.81. The van der Waals surface area contributed by atoms with Gasteiger partial charge in [-0.05, 0) is 31.9 Å². The van der Waals surface area contributed by atoms with Crippen LogP contribution >= 0.6 is 15.9 Å². The van der Waals surface area contributed by atoms with E-state index in [-0.39, 0.29) is 24.4 Å². The minimum Gasteiger partial charge on any atom is -0.444 e. The number of amides is 1. The quantitative estimate of drug-likeness (QED) is 0.742. The molecule has 126 valence electrons. The smallest absolute Gasteiger partial charge is 0.410 e. The van der Waals surface area contributed by atoms with Crippen molar-refractivity contribution in [2.24, 2.45) is 0 Å². The van der Waals surface area contributed by atoms with E-state index >= 15 is 0 Å². The fourth-order valence-electron chi connectivity index (χ4n) is 2.59. The number of carbonyl (C=O) groups excluding carboxylic acids is 2. The van der Waals surface area contributed by atoms with Crippen LogP contribution in [0.3, 0.4) is 0 Å². The normalized spacial score (nSPS) is 18.4. The van der Waals surface area contributed by atoms with Gasteiger partial charge in [-0.3, -0.25) is 9.69 Å². The molecule has 1 unspecified atom stereocenters. The molecule has 0 aliphatic carbocycles. The van der Waals surface area contributed by atoms with Crippen molar-refractivity contribution in [3.05, 3.63) is 35.1 Å². The molecule has 1 aromatic carbocycles. The summed E-state index contributed by atoms with van der Waals surface area (Å²) in [7, 11) is 0. The van der Waals surface area contributed by atoms with Gasteiger partial charge in [0.25, 0.3) is 0 Å². The number of rotatable bonds is 3. The first-order valence-corrected chi connectivity index (χ1v) is 8.69. The summed E-state index contributed by atoms with van der Waals surface area (Å²) in [6.07, 6.45) is -0.0700. The van der Waals surface area contributed by atoms with Crippen molar-refractivity contribution in [2.75, 3.05) is 6.54 Å². The largest absolute Gasteiger partial charge is 0.444 e. The highest BCUT2D eigenvalue weighted by Gasteiger charge is 2.38. The summed E-state index contributed by atoms with van der Waals surface area (Å²) in [6, 6.07) is 4.44. The number of nitrogens with zero attached hydrogens (tertiary/aromatic N) is 1.